The summed E-state index contributed by atoms with van der Waals surface area (Å²) >= 11 is 0. The van der Waals surface area contributed by atoms with Crippen molar-refractivity contribution in [1.29, 1.82) is 0 Å². The lowest BCUT2D eigenvalue weighted by atomic mass is 10.1. The van der Waals surface area contributed by atoms with Crippen LogP contribution in [0.1, 0.15) is 30.0 Å². The predicted octanol–water partition coefficient (Wildman–Crippen LogP) is 3.78. The summed E-state index contributed by atoms with van der Waals surface area (Å²) in [5, 5.41) is 3.28. The van der Waals surface area contributed by atoms with Gasteiger partial charge in [0, 0.05) is 18.3 Å². The molecule has 0 heterocycles. The molecular formula is C19H26N2O2S. The molecular weight excluding hydrogens is 320 g/mol. The van der Waals surface area contributed by atoms with E-state index in [1.165, 1.54) is 0 Å². The molecule has 4 nitrogen and oxygen atoms in total. The van der Waals surface area contributed by atoms with Gasteiger partial charge in [-0.2, -0.15) is 0 Å². The van der Waals surface area contributed by atoms with Crippen LogP contribution in [0, 0.1) is 20.8 Å². The second-order valence-corrected chi connectivity index (χ2v) is 7.85. The molecule has 0 saturated carbocycles. The van der Waals surface area contributed by atoms with Crippen molar-refractivity contribution in [1.82, 2.24) is 4.72 Å². The van der Waals surface area contributed by atoms with Gasteiger partial charge in [0.1, 0.15) is 0 Å². The average Bonchev–Trinajstić information content (AvgIpc) is 2.51. The predicted molar refractivity (Wildman–Crippen MR) is 100.0 cm³/mol. The van der Waals surface area contributed by atoms with E-state index in [1.54, 1.807) is 0 Å². The fourth-order valence-corrected chi connectivity index (χ4v) is 4.71. The van der Waals surface area contributed by atoms with E-state index in [0.717, 1.165) is 22.4 Å². The van der Waals surface area contributed by atoms with E-state index in [2.05, 4.69) is 10.0 Å². The summed E-state index contributed by atoms with van der Waals surface area (Å²) in [6.45, 7) is 8.19. The maximum atomic E-state index is 12.8. The second-order valence-electron chi connectivity index (χ2n) is 6.20. The topological polar surface area (TPSA) is 58.2 Å². The molecule has 24 heavy (non-hydrogen) atoms. The van der Waals surface area contributed by atoms with E-state index in [4.69, 9.17) is 0 Å². The molecule has 0 aromatic heterocycles. The zero-order chi connectivity index (χ0) is 17.7. The largest absolute Gasteiger partial charge is 0.383 e. The number of hydrogen-bond donors (Lipinski definition) is 2. The third kappa shape index (κ3) is 4.58. The van der Waals surface area contributed by atoms with Gasteiger partial charge < -0.3 is 5.32 Å². The molecule has 130 valence electrons. The van der Waals surface area contributed by atoms with Crippen LogP contribution in [0.4, 0.5) is 5.69 Å². The van der Waals surface area contributed by atoms with Crippen LogP contribution < -0.4 is 10.0 Å². The van der Waals surface area contributed by atoms with E-state index < -0.39 is 10.0 Å². The Morgan fingerprint density at radius 3 is 2.12 bits per heavy atom. The smallest absolute Gasteiger partial charge is 0.241 e. The zero-order valence-electron chi connectivity index (χ0n) is 14.8. The summed E-state index contributed by atoms with van der Waals surface area (Å²) in [6.07, 6.45) is 0.711. The summed E-state index contributed by atoms with van der Waals surface area (Å²) in [5.41, 5.74) is 3.62. The summed E-state index contributed by atoms with van der Waals surface area (Å²) in [6, 6.07) is 13.4. The first kappa shape index (κ1) is 18.5. The lowest BCUT2D eigenvalue weighted by molar-refractivity contribution is 0.547. The van der Waals surface area contributed by atoms with Crippen molar-refractivity contribution in [3.8, 4) is 0 Å². The van der Waals surface area contributed by atoms with Gasteiger partial charge in [-0.15, -0.1) is 0 Å². The van der Waals surface area contributed by atoms with Crippen LogP contribution in [0.2, 0.25) is 0 Å². The maximum absolute atomic E-state index is 12.8. The normalized spacial score (nSPS) is 12.8. The third-order valence-electron chi connectivity index (χ3n) is 4.01. The lowest BCUT2D eigenvalue weighted by Crippen LogP contribution is -2.39. The van der Waals surface area contributed by atoms with Gasteiger partial charge in [0.15, 0.2) is 0 Å². The van der Waals surface area contributed by atoms with Gasteiger partial charge in [0.2, 0.25) is 10.0 Å². The molecule has 0 spiro atoms. The molecule has 0 aliphatic rings. The molecule has 0 aliphatic heterocycles. The highest BCUT2D eigenvalue weighted by atomic mass is 32.2. The fraction of sp³-hybridized carbons (Fsp3) is 0.368. The molecule has 0 aliphatic carbocycles. The van der Waals surface area contributed by atoms with Gasteiger partial charge in [-0.1, -0.05) is 42.8 Å². The summed E-state index contributed by atoms with van der Waals surface area (Å²) < 4.78 is 28.5. The monoisotopic (exact) mass is 346 g/mol. The van der Waals surface area contributed by atoms with E-state index in [9.17, 15) is 8.42 Å². The van der Waals surface area contributed by atoms with Crippen molar-refractivity contribution in [3.63, 3.8) is 0 Å². The zero-order valence-corrected chi connectivity index (χ0v) is 15.6. The highest BCUT2D eigenvalue weighted by molar-refractivity contribution is 7.89. The van der Waals surface area contributed by atoms with Crippen LogP contribution in [0.3, 0.4) is 0 Å². The number of hydrogen-bond acceptors (Lipinski definition) is 3. The Morgan fingerprint density at radius 1 is 1.00 bits per heavy atom. The van der Waals surface area contributed by atoms with Crippen molar-refractivity contribution < 1.29 is 8.42 Å². The van der Waals surface area contributed by atoms with Crippen molar-refractivity contribution in [2.75, 3.05) is 11.9 Å². The molecule has 2 N–H and O–H groups in total. The Kier molecular flexibility index (Phi) is 6.02. The summed E-state index contributed by atoms with van der Waals surface area (Å²) in [4.78, 5) is 0.395. The Hall–Kier alpha value is -1.85. The molecule has 2 aromatic carbocycles. The van der Waals surface area contributed by atoms with Crippen molar-refractivity contribution in [3.05, 3.63) is 59.2 Å². The van der Waals surface area contributed by atoms with Gasteiger partial charge >= 0.3 is 0 Å². The molecule has 2 rings (SSSR count). The molecule has 5 heteroatoms. The number of aryl methyl sites for hydroxylation is 3. The van der Waals surface area contributed by atoms with E-state index in [-0.39, 0.29) is 6.04 Å². The third-order valence-corrected chi connectivity index (χ3v) is 5.84. The molecule has 1 atom stereocenters. The maximum Gasteiger partial charge on any atom is 0.241 e. The lowest BCUT2D eigenvalue weighted by Gasteiger charge is -2.20. The van der Waals surface area contributed by atoms with Crippen LogP contribution >= 0.6 is 0 Å². The molecule has 0 radical (unpaired) electrons. The average molecular weight is 346 g/mol. The van der Waals surface area contributed by atoms with Gasteiger partial charge in [-0.3, -0.25) is 0 Å². The molecule has 0 saturated heterocycles. The highest BCUT2D eigenvalue weighted by Gasteiger charge is 2.23. The molecule has 0 bridgehead atoms. The van der Waals surface area contributed by atoms with Gasteiger partial charge in [-0.25, -0.2) is 13.1 Å². The van der Waals surface area contributed by atoms with E-state index in [0.29, 0.717) is 17.9 Å². The van der Waals surface area contributed by atoms with Crippen molar-refractivity contribution in [2.24, 2.45) is 0 Å². The number of rotatable bonds is 7. The quantitative estimate of drug-likeness (QED) is 0.802. The van der Waals surface area contributed by atoms with Gasteiger partial charge in [-0.05, 0) is 50.5 Å². The molecule has 0 amide bonds. The first-order valence-corrected chi connectivity index (χ1v) is 9.71. The van der Waals surface area contributed by atoms with Crippen LogP contribution in [0.15, 0.2) is 47.4 Å². The molecule has 1 unspecified atom stereocenters. The van der Waals surface area contributed by atoms with E-state index >= 15 is 0 Å². The van der Waals surface area contributed by atoms with Crippen molar-refractivity contribution in [2.45, 2.75) is 45.1 Å². The first-order chi connectivity index (χ1) is 11.3. The SMILES string of the molecule is CCC(CNc1ccccc1)NS(=O)(=O)c1c(C)cc(C)cc1C. The number of para-hydroxylation sites is 1. The molecule has 2 aromatic rings. The minimum Gasteiger partial charge on any atom is -0.383 e. The number of benzene rings is 2. The standard InChI is InChI=1S/C19H26N2O2S/c1-5-17(13-20-18-9-7-6-8-10-18)21-24(22,23)19-15(3)11-14(2)12-16(19)4/h6-12,17,20-21H,5,13H2,1-4H3. The van der Waals surface area contributed by atoms with Crippen LogP contribution in [0.25, 0.3) is 0 Å². The fourth-order valence-electron chi connectivity index (χ4n) is 2.94. The second kappa shape index (κ2) is 7.81. The summed E-state index contributed by atoms with van der Waals surface area (Å²) in [7, 11) is -3.54. The van der Waals surface area contributed by atoms with Crippen LogP contribution in [-0.2, 0) is 10.0 Å². The Bertz CT molecular complexity index is 763. The Morgan fingerprint density at radius 2 is 1.58 bits per heavy atom. The minimum absolute atomic E-state index is 0.171. The first-order valence-electron chi connectivity index (χ1n) is 8.22. The number of sulfonamides is 1. The van der Waals surface area contributed by atoms with Crippen LogP contribution in [0.5, 0.6) is 0 Å². The Balaban J connectivity index is 2.14. The van der Waals surface area contributed by atoms with Gasteiger partial charge in [0.25, 0.3) is 0 Å². The minimum atomic E-state index is -3.54. The van der Waals surface area contributed by atoms with Crippen molar-refractivity contribution >= 4 is 15.7 Å². The molecule has 0 fully saturated rings. The number of anilines is 1. The van der Waals surface area contributed by atoms with Gasteiger partial charge in [0.05, 0.1) is 4.90 Å². The van der Waals surface area contributed by atoms with E-state index in [1.807, 2.05) is 70.2 Å². The number of nitrogens with one attached hydrogen (secondary N) is 2. The summed E-state index contributed by atoms with van der Waals surface area (Å²) in [5.74, 6) is 0. The van der Waals surface area contributed by atoms with Crippen LogP contribution in [-0.4, -0.2) is 21.0 Å². The Labute approximate surface area is 145 Å². The highest BCUT2D eigenvalue weighted by Crippen LogP contribution is 2.22.